The van der Waals surface area contributed by atoms with Crippen LogP contribution in [0.3, 0.4) is 0 Å². The van der Waals surface area contributed by atoms with Crippen LogP contribution in [0.1, 0.15) is 17.3 Å². The number of carbonyl (C=O) groups excluding carboxylic acids is 1. The van der Waals surface area contributed by atoms with Gasteiger partial charge in [-0.2, -0.15) is 0 Å². The molecule has 3 nitrogen and oxygen atoms in total. The molecular formula is C15H14FNO2S. The van der Waals surface area contributed by atoms with Gasteiger partial charge in [-0.15, -0.1) is 0 Å². The van der Waals surface area contributed by atoms with Gasteiger partial charge in [-0.25, -0.2) is 9.18 Å². The summed E-state index contributed by atoms with van der Waals surface area (Å²) in [5, 5.41) is 0. The van der Waals surface area contributed by atoms with E-state index in [0.717, 1.165) is 9.79 Å². The Bertz CT molecular complexity index is 614. The van der Waals surface area contributed by atoms with Crippen molar-refractivity contribution in [2.45, 2.75) is 16.7 Å². The molecule has 0 aliphatic heterocycles. The average Bonchev–Trinajstić information content (AvgIpc) is 2.43. The van der Waals surface area contributed by atoms with Crippen LogP contribution < -0.4 is 5.73 Å². The highest BCUT2D eigenvalue weighted by Gasteiger charge is 2.14. The minimum absolute atomic E-state index is 0.294. The van der Waals surface area contributed by atoms with E-state index in [-0.39, 0.29) is 5.82 Å². The first-order valence-corrected chi connectivity index (χ1v) is 6.92. The van der Waals surface area contributed by atoms with Gasteiger partial charge in [-0.05, 0) is 49.4 Å². The van der Waals surface area contributed by atoms with Crippen molar-refractivity contribution in [2.24, 2.45) is 0 Å². The Morgan fingerprint density at radius 3 is 2.60 bits per heavy atom. The van der Waals surface area contributed by atoms with E-state index in [2.05, 4.69) is 0 Å². The molecule has 0 saturated heterocycles. The number of halogens is 1. The van der Waals surface area contributed by atoms with E-state index in [4.69, 9.17) is 10.5 Å². The molecule has 2 aromatic rings. The molecule has 0 aliphatic carbocycles. The third-order valence-corrected chi connectivity index (χ3v) is 3.62. The summed E-state index contributed by atoms with van der Waals surface area (Å²) in [7, 11) is 0. The highest BCUT2D eigenvalue weighted by Crippen LogP contribution is 2.32. The van der Waals surface area contributed by atoms with Crippen LogP contribution in [0.2, 0.25) is 0 Å². The topological polar surface area (TPSA) is 52.3 Å². The Morgan fingerprint density at radius 2 is 1.95 bits per heavy atom. The molecule has 0 aliphatic rings. The second kappa shape index (κ2) is 6.43. The number of rotatable bonds is 4. The zero-order valence-electron chi connectivity index (χ0n) is 10.9. The van der Waals surface area contributed by atoms with Crippen LogP contribution in [0.25, 0.3) is 0 Å². The number of hydrogen-bond donors (Lipinski definition) is 1. The maximum atomic E-state index is 12.9. The molecule has 0 unspecified atom stereocenters. The first-order chi connectivity index (χ1) is 9.60. The maximum absolute atomic E-state index is 12.9. The van der Waals surface area contributed by atoms with E-state index < -0.39 is 5.97 Å². The van der Waals surface area contributed by atoms with E-state index in [1.165, 1.54) is 23.9 Å². The van der Waals surface area contributed by atoms with Gasteiger partial charge < -0.3 is 10.5 Å². The second-order valence-electron chi connectivity index (χ2n) is 4.03. The Balaban J connectivity index is 2.31. The molecule has 0 radical (unpaired) electrons. The predicted octanol–water partition coefficient (Wildman–Crippen LogP) is 3.74. The van der Waals surface area contributed by atoms with Crippen LogP contribution in [0.15, 0.2) is 52.3 Å². The van der Waals surface area contributed by atoms with Crippen molar-refractivity contribution in [3.63, 3.8) is 0 Å². The van der Waals surface area contributed by atoms with Crippen molar-refractivity contribution < 1.29 is 13.9 Å². The van der Waals surface area contributed by atoms with Crippen LogP contribution in [-0.4, -0.2) is 12.6 Å². The lowest BCUT2D eigenvalue weighted by molar-refractivity contribution is 0.0522. The van der Waals surface area contributed by atoms with E-state index in [1.807, 2.05) is 0 Å². The van der Waals surface area contributed by atoms with Crippen molar-refractivity contribution in [1.29, 1.82) is 0 Å². The van der Waals surface area contributed by atoms with Crippen molar-refractivity contribution >= 4 is 23.4 Å². The third kappa shape index (κ3) is 3.51. The smallest absolute Gasteiger partial charge is 0.339 e. The highest BCUT2D eigenvalue weighted by molar-refractivity contribution is 7.99. The van der Waals surface area contributed by atoms with Crippen molar-refractivity contribution in [3.05, 3.63) is 53.8 Å². The number of hydrogen-bond acceptors (Lipinski definition) is 4. The normalized spacial score (nSPS) is 10.3. The molecule has 0 fully saturated rings. The number of ether oxygens (including phenoxy) is 1. The van der Waals surface area contributed by atoms with Crippen molar-refractivity contribution in [3.8, 4) is 0 Å². The second-order valence-corrected chi connectivity index (χ2v) is 5.15. The van der Waals surface area contributed by atoms with Crippen molar-refractivity contribution in [1.82, 2.24) is 0 Å². The van der Waals surface area contributed by atoms with Gasteiger partial charge in [0, 0.05) is 15.5 Å². The van der Waals surface area contributed by atoms with Gasteiger partial charge in [0.15, 0.2) is 0 Å². The van der Waals surface area contributed by atoms with Crippen LogP contribution in [0.5, 0.6) is 0 Å². The van der Waals surface area contributed by atoms with Gasteiger partial charge in [0.2, 0.25) is 0 Å². The molecule has 104 valence electrons. The number of esters is 1. The first kappa shape index (κ1) is 14.4. The summed E-state index contributed by atoms with van der Waals surface area (Å²) in [6.07, 6.45) is 0. The van der Waals surface area contributed by atoms with E-state index in [0.29, 0.717) is 17.9 Å². The quantitative estimate of drug-likeness (QED) is 0.688. The Morgan fingerprint density at radius 1 is 1.25 bits per heavy atom. The van der Waals surface area contributed by atoms with Crippen LogP contribution in [0.4, 0.5) is 10.1 Å². The molecule has 2 rings (SSSR count). The van der Waals surface area contributed by atoms with Crippen molar-refractivity contribution in [2.75, 3.05) is 12.3 Å². The number of benzene rings is 2. The van der Waals surface area contributed by atoms with Gasteiger partial charge in [-0.3, -0.25) is 0 Å². The number of nitrogen functional groups attached to an aromatic ring is 1. The molecule has 20 heavy (non-hydrogen) atoms. The van der Waals surface area contributed by atoms with Crippen LogP contribution in [0, 0.1) is 5.82 Å². The van der Waals surface area contributed by atoms with Gasteiger partial charge in [0.05, 0.1) is 12.2 Å². The van der Waals surface area contributed by atoms with Gasteiger partial charge >= 0.3 is 5.97 Å². The van der Waals surface area contributed by atoms with Gasteiger partial charge in [-0.1, -0.05) is 11.8 Å². The zero-order valence-corrected chi connectivity index (χ0v) is 11.7. The van der Waals surface area contributed by atoms with Crippen LogP contribution >= 0.6 is 11.8 Å². The number of anilines is 1. The summed E-state index contributed by atoms with van der Waals surface area (Å²) in [4.78, 5) is 13.5. The summed E-state index contributed by atoms with van der Waals surface area (Å²) in [5.74, 6) is -0.707. The molecule has 0 saturated carbocycles. The lowest BCUT2D eigenvalue weighted by atomic mass is 10.2. The summed E-state index contributed by atoms with van der Waals surface area (Å²) in [6.45, 7) is 2.05. The number of nitrogens with two attached hydrogens (primary N) is 1. The fourth-order valence-electron chi connectivity index (χ4n) is 1.63. The summed E-state index contributed by atoms with van der Waals surface area (Å²) < 4.78 is 17.9. The molecule has 0 heterocycles. The van der Waals surface area contributed by atoms with E-state index in [1.54, 1.807) is 37.3 Å². The van der Waals surface area contributed by atoms with Gasteiger partial charge in [0.25, 0.3) is 0 Å². The maximum Gasteiger partial charge on any atom is 0.339 e. The fraction of sp³-hybridized carbons (Fsp3) is 0.133. The summed E-state index contributed by atoms with van der Waals surface area (Å²) in [5.41, 5.74) is 6.62. The molecule has 0 bridgehead atoms. The summed E-state index contributed by atoms with van der Waals surface area (Å²) >= 11 is 1.36. The molecular weight excluding hydrogens is 277 g/mol. The molecule has 0 amide bonds. The Hall–Kier alpha value is -2.01. The molecule has 0 atom stereocenters. The molecule has 2 N–H and O–H groups in total. The van der Waals surface area contributed by atoms with E-state index >= 15 is 0 Å². The lowest BCUT2D eigenvalue weighted by Gasteiger charge is -2.09. The van der Waals surface area contributed by atoms with Gasteiger partial charge in [0.1, 0.15) is 5.82 Å². The minimum Gasteiger partial charge on any atom is -0.462 e. The largest absolute Gasteiger partial charge is 0.462 e. The van der Waals surface area contributed by atoms with Crippen LogP contribution in [-0.2, 0) is 4.74 Å². The Kier molecular flexibility index (Phi) is 4.63. The summed E-state index contributed by atoms with van der Waals surface area (Å²) in [6, 6.07) is 11.1. The fourth-order valence-corrected chi connectivity index (χ4v) is 2.55. The predicted molar refractivity (Wildman–Crippen MR) is 77.3 cm³/mol. The SMILES string of the molecule is CCOC(=O)c1cc(N)ccc1Sc1ccc(F)cc1. The molecule has 0 spiro atoms. The lowest BCUT2D eigenvalue weighted by Crippen LogP contribution is -2.06. The number of carbonyl (C=O) groups is 1. The zero-order chi connectivity index (χ0) is 14.5. The van der Waals surface area contributed by atoms with E-state index in [9.17, 15) is 9.18 Å². The average molecular weight is 291 g/mol. The third-order valence-electron chi connectivity index (χ3n) is 2.54. The monoisotopic (exact) mass is 291 g/mol. The molecule has 2 aromatic carbocycles. The first-order valence-electron chi connectivity index (χ1n) is 6.10. The molecule has 0 aromatic heterocycles. The minimum atomic E-state index is -0.413. The highest BCUT2D eigenvalue weighted by atomic mass is 32.2. The standard InChI is InChI=1S/C15H14FNO2S/c1-2-19-15(18)13-9-11(17)5-8-14(13)20-12-6-3-10(16)4-7-12/h3-9H,2,17H2,1H3. The Labute approximate surface area is 120 Å². The molecule has 5 heteroatoms.